The number of halogens is 1. The molecular formula is C20H22ClNO6. The van der Waals surface area contributed by atoms with Crippen molar-refractivity contribution in [3.05, 3.63) is 35.9 Å². The topological polar surface area (TPSA) is 90.0 Å². The molecule has 2 aliphatic rings. The third-order valence-corrected chi connectivity index (χ3v) is 6.28. The van der Waals surface area contributed by atoms with Crippen LogP contribution >= 0.6 is 11.8 Å². The molecule has 28 heavy (non-hydrogen) atoms. The van der Waals surface area contributed by atoms with Crippen molar-refractivity contribution in [1.29, 1.82) is 0 Å². The van der Waals surface area contributed by atoms with Crippen LogP contribution < -0.4 is 0 Å². The molecule has 2 fully saturated rings. The zero-order chi connectivity index (χ0) is 20.3. The Labute approximate surface area is 168 Å². The number of rotatable bonds is 7. The predicted octanol–water partition coefficient (Wildman–Crippen LogP) is 2.31. The second-order valence-electron chi connectivity index (χ2n) is 7.11. The second-order valence-corrected chi connectivity index (χ2v) is 7.47. The van der Waals surface area contributed by atoms with Gasteiger partial charge in [-0.05, 0) is 49.6 Å². The van der Waals surface area contributed by atoms with Gasteiger partial charge < -0.3 is 14.3 Å². The van der Waals surface area contributed by atoms with Crippen LogP contribution in [0.25, 0.3) is 0 Å². The van der Waals surface area contributed by atoms with E-state index in [2.05, 4.69) is 0 Å². The minimum Gasteiger partial charge on any atom is -0.469 e. The van der Waals surface area contributed by atoms with Crippen molar-refractivity contribution in [3.63, 3.8) is 0 Å². The number of carbonyl (C=O) groups excluding carboxylic acids is 4. The number of ether oxygens (including phenoxy) is 2. The summed E-state index contributed by atoms with van der Waals surface area (Å²) < 4.78 is 11.7. The van der Waals surface area contributed by atoms with Crippen LogP contribution in [0.4, 0.5) is 0 Å². The standard InChI is InChI=1S/C20H22ClNO6/c1-27-19(26)15-8-7-14-9-11-20(15,22(14)21)17(24)16(10-12-23)28-18(25)13-5-3-2-4-6-13/h2-6,12,14-16H,7-11H2,1H3/t14?,15-,16?,20?/m0/s1. The van der Waals surface area contributed by atoms with Crippen LogP contribution in [0.3, 0.4) is 0 Å². The second kappa shape index (κ2) is 8.41. The smallest absolute Gasteiger partial charge is 0.338 e. The van der Waals surface area contributed by atoms with Crippen molar-refractivity contribution in [2.75, 3.05) is 7.11 Å². The highest BCUT2D eigenvalue weighted by Gasteiger charge is 2.62. The molecule has 1 aromatic rings. The Balaban J connectivity index is 1.91. The minimum atomic E-state index is -1.35. The average Bonchev–Trinajstić information content (AvgIpc) is 2.91. The van der Waals surface area contributed by atoms with Crippen LogP contribution in [0.2, 0.25) is 0 Å². The molecule has 1 aromatic carbocycles. The van der Waals surface area contributed by atoms with E-state index in [0.717, 1.165) is 0 Å². The summed E-state index contributed by atoms with van der Waals surface area (Å²) in [7, 11) is 1.26. The molecule has 0 aromatic heterocycles. The third-order valence-electron chi connectivity index (χ3n) is 5.70. The molecule has 3 rings (SSSR count). The molecule has 2 heterocycles. The van der Waals surface area contributed by atoms with Gasteiger partial charge in [0, 0.05) is 12.5 Å². The predicted molar refractivity (Wildman–Crippen MR) is 99.5 cm³/mol. The molecule has 3 unspecified atom stereocenters. The molecule has 8 heteroatoms. The Hall–Kier alpha value is -2.25. The maximum atomic E-state index is 13.5. The Morgan fingerprint density at radius 2 is 1.96 bits per heavy atom. The normalized spacial score (nSPS) is 27.6. The molecule has 4 atom stereocenters. The van der Waals surface area contributed by atoms with Gasteiger partial charge >= 0.3 is 11.9 Å². The molecule has 0 aliphatic carbocycles. The first-order valence-electron chi connectivity index (χ1n) is 9.22. The van der Waals surface area contributed by atoms with Crippen LogP contribution in [0.15, 0.2) is 30.3 Å². The lowest BCUT2D eigenvalue weighted by atomic mass is 9.74. The van der Waals surface area contributed by atoms with E-state index in [4.69, 9.17) is 21.3 Å². The molecule has 0 N–H and O–H groups in total. The van der Waals surface area contributed by atoms with Gasteiger partial charge in [0.1, 0.15) is 11.8 Å². The zero-order valence-corrected chi connectivity index (χ0v) is 16.3. The van der Waals surface area contributed by atoms with E-state index in [1.54, 1.807) is 30.3 Å². The number of aldehydes is 1. The molecule has 0 spiro atoms. The van der Waals surface area contributed by atoms with Gasteiger partial charge in [0.25, 0.3) is 0 Å². The van der Waals surface area contributed by atoms with Crippen molar-refractivity contribution in [3.8, 4) is 0 Å². The average molecular weight is 408 g/mol. The number of ketones is 1. The number of fused-ring (bicyclic) bond motifs is 2. The third kappa shape index (κ3) is 3.44. The molecule has 2 saturated heterocycles. The monoisotopic (exact) mass is 407 g/mol. The lowest BCUT2D eigenvalue weighted by molar-refractivity contribution is -0.159. The number of hydrogen-bond donors (Lipinski definition) is 0. The molecule has 2 aliphatic heterocycles. The summed E-state index contributed by atoms with van der Waals surface area (Å²) in [5.74, 6) is -2.54. The number of methoxy groups -OCH3 is 1. The molecule has 0 amide bonds. The zero-order valence-electron chi connectivity index (χ0n) is 15.5. The van der Waals surface area contributed by atoms with E-state index in [0.29, 0.717) is 32.0 Å². The fraction of sp³-hybridized carbons (Fsp3) is 0.500. The Bertz CT molecular complexity index is 769. The van der Waals surface area contributed by atoms with Gasteiger partial charge in [-0.25, -0.2) is 9.21 Å². The number of hydrogen-bond acceptors (Lipinski definition) is 7. The molecular weight excluding hydrogens is 386 g/mol. The Kier molecular flexibility index (Phi) is 6.15. The molecule has 0 saturated carbocycles. The quantitative estimate of drug-likeness (QED) is 0.389. The number of carbonyl (C=O) groups is 4. The summed E-state index contributed by atoms with van der Waals surface area (Å²) in [5, 5.41) is 0. The largest absolute Gasteiger partial charge is 0.469 e. The number of benzene rings is 1. The molecule has 0 radical (unpaired) electrons. The van der Waals surface area contributed by atoms with E-state index in [1.165, 1.54) is 11.5 Å². The van der Waals surface area contributed by atoms with Gasteiger partial charge in [-0.3, -0.25) is 9.59 Å². The van der Waals surface area contributed by atoms with Gasteiger partial charge in [-0.2, -0.15) is 0 Å². The summed E-state index contributed by atoms with van der Waals surface area (Å²) in [6.45, 7) is 0. The van der Waals surface area contributed by atoms with Crippen molar-refractivity contribution in [1.82, 2.24) is 4.42 Å². The van der Waals surface area contributed by atoms with Crippen LogP contribution in [0, 0.1) is 5.92 Å². The Morgan fingerprint density at radius 3 is 2.61 bits per heavy atom. The van der Waals surface area contributed by atoms with Crippen molar-refractivity contribution in [2.24, 2.45) is 5.92 Å². The molecule has 7 nitrogen and oxygen atoms in total. The van der Waals surface area contributed by atoms with Gasteiger partial charge in [0.05, 0.1) is 18.6 Å². The first kappa shape index (κ1) is 20.5. The van der Waals surface area contributed by atoms with Crippen LogP contribution in [0.1, 0.15) is 42.5 Å². The Morgan fingerprint density at radius 1 is 1.25 bits per heavy atom. The van der Waals surface area contributed by atoms with E-state index in [-0.39, 0.29) is 18.0 Å². The lowest BCUT2D eigenvalue weighted by Gasteiger charge is -2.44. The van der Waals surface area contributed by atoms with Crippen molar-refractivity contribution in [2.45, 2.75) is 49.8 Å². The summed E-state index contributed by atoms with van der Waals surface area (Å²) >= 11 is 6.50. The van der Waals surface area contributed by atoms with Crippen molar-refractivity contribution >= 4 is 35.8 Å². The molecule has 150 valence electrons. The van der Waals surface area contributed by atoms with E-state index in [1.807, 2.05) is 0 Å². The number of piperidine rings is 1. The fourth-order valence-electron chi connectivity index (χ4n) is 4.31. The highest BCUT2D eigenvalue weighted by molar-refractivity contribution is 6.17. The SMILES string of the molecule is COC(=O)[C@@H]1CCC2CCC1(C(=O)C(CC=O)OC(=O)c1ccccc1)N2Cl. The maximum absolute atomic E-state index is 13.5. The van der Waals surface area contributed by atoms with Gasteiger partial charge in [0.2, 0.25) is 0 Å². The van der Waals surface area contributed by atoms with Crippen LogP contribution in [0.5, 0.6) is 0 Å². The van der Waals surface area contributed by atoms with Gasteiger partial charge in [0.15, 0.2) is 11.9 Å². The van der Waals surface area contributed by atoms with Gasteiger partial charge in [-0.1, -0.05) is 18.2 Å². The van der Waals surface area contributed by atoms with E-state index in [9.17, 15) is 19.2 Å². The van der Waals surface area contributed by atoms with Crippen LogP contribution in [-0.4, -0.2) is 53.2 Å². The first-order chi connectivity index (χ1) is 13.5. The van der Waals surface area contributed by atoms with Crippen LogP contribution in [-0.2, 0) is 23.9 Å². The van der Waals surface area contributed by atoms with E-state index < -0.39 is 35.3 Å². The lowest BCUT2D eigenvalue weighted by Crippen LogP contribution is -2.62. The number of nitrogens with zero attached hydrogens (tertiary/aromatic N) is 1. The highest BCUT2D eigenvalue weighted by Crippen LogP contribution is 2.50. The number of Topliss-reactive ketones (excluding diaryl/α,β-unsaturated/α-hetero) is 1. The highest BCUT2D eigenvalue weighted by atomic mass is 35.5. The maximum Gasteiger partial charge on any atom is 0.338 e. The van der Waals surface area contributed by atoms with E-state index >= 15 is 0 Å². The van der Waals surface area contributed by atoms with Gasteiger partial charge in [-0.15, -0.1) is 0 Å². The first-order valence-corrected chi connectivity index (χ1v) is 9.56. The summed E-state index contributed by atoms with van der Waals surface area (Å²) in [6.07, 6.45) is 1.01. The molecule has 2 bridgehead atoms. The van der Waals surface area contributed by atoms with Crippen molar-refractivity contribution < 1.29 is 28.7 Å². The summed E-state index contributed by atoms with van der Waals surface area (Å²) in [4.78, 5) is 49.5. The summed E-state index contributed by atoms with van der Waals surface area (Å²) in [5.41, 5.74) is -1.08. The number of esters is 2. The summed E-state index contributed by atoms with van der Waals surface area (Å²) in [6, 6.07) is 8.15. The minimum absolute atomic E-state index is 0.0479. The fourth-order valence-corrected chi connectivity index (χ4v) is 4.79.